The van der Waals surface area contributed by atoms with Crippen LogP contribution in [0.2, 0.25) is 10.0 Å². The molecule has 1 aliphatic carbocycles. The van der Waals surface area contributed by atoms with Gasteiger partial charge in [-0.1, -0.05) is 23.2 Å². The lowest BCUT2D eigenvalue weighted by molar-refractivity contribution is 0.0524. The zero-order chi connectivity index (χ0) is 15.1. The monoisotopic (exact) mass is 325 g/mol. The van der Waals surface area contributed by atoms with Gasteiger partial charge in [-0.15, -0.1) is 0 Å². The highest BCUT2D eigenvalue weighted by Gasteiger charge is 2.29. The summed E-state index contributed by atoms with van der Waals surface area (Å²) >= 11 is 12.3. The number of carbonyl (C=O) groups excluding carboxylic acids is 1. The summed E-state index contributed by atoms with van der Waals surface area (Å²) in [5.74, 6) is -0.297. The van der Waals surface area contributed by atoms with Gasteiger partial charge in [0.05, 0.1) is 22.2 Å². The first-order valence-electron chi connectivity index (χ1n) is 6.75. The molecule has 110 valence electrons. The van der Waals surface area contributed by atoms with Crippen molar-refractivity contribution >= 4 is 34.7 Å². The summed E-state index contributed by atoms with van der Waals surface area (Å²) in [5, 5.41) is 0.732. The minimum Gasteiger partial charge on any atom is -0.462 e. The molecule has 2 aromatic heterocycles. The number of hydrogen-bond acceptors (Lipinski definition) is 3. The smallest absolute Gasteiger partial charge is 0.343 e. The van der Waals surface area contributed by atoms with E-state index in [4.69, 9.17) is 27.9 Å². The molecule has 0 radical (unpaired) electrons. The van der Waals surface area contributed by atoms with Crippen molar-refractivity contribution in [1.82, 2.24) is 4.40 Å². The summed E-state index contributed by atoms with van der Waals surface area (Å²) in [5.41, 5.74) is 1.07. The van der Waals surface area contributed by atoms with E-state index in [9.17, 15) is 9.59 Å². The molecule has 2 heterocycles. The van der Waals surface area contributed by atoms with Crippen LogP contribution in [0, 0.1) is 0 Å². The van der Waals surface area contributed by atoms with E-state index in [1.54, 1.807) is 25.3 Å². The Hall–Kier alpha value is -1.52. The maximum absolute atomic E-state index is 12.5. The van der Waals surface area contributed by atoms with Crippen LogP contribution in [0.4, 0.5) is 0 Å². The van der Waals surface area contributed by atoms with Gasteiger partial charge in [-0.25, -0.2) is 4.79 Å². The molecule has 0 saturated heterocycles. The number of nitrogens with zero attached hydrogens (tertiary/aromatic N) is 1. The molecule has 0 bridgehead atoms. The summed E-state index contributed by atoms with van der Waals surface area (Å²) in [6, 6.07) is 3.15. The minimum absolute atomic E-state index is 0.0367. The van der Waals surface area contributed by atoms with Crippen LogP contribution < -0.4 is 5.56 Å². The molecule has 3 rings (SSSR count). The Balaban J connectivity index is 2.34. The SMILES string of the molecule is CCOC(=O)c1cc(C2CC2)c2c(Cl)c(Cl)ccn2c1=O. The van der Waals surface area contributed by atoms with E-state index in [0.29, 0.717) is 21.5 Å². The van der Waals surface area contributed by atoms with Gasteiger partial charge in [0.25, 0.3) is 5.56 Å². The lowest BCUT2D eigenvalue weighted by Crippen LogP contribution is -2.24. The van der Waals surface area contributed by atoms with Gasteiger partial charge in [0, 0.05) is 6.20 Å². The average molecular weight is 326 g/mol. The van der Waals surface area contributed by atoms with E-state index < -0.39 is 11.5 Å². The summed E-state index contributed by atoms with van der Waals surface area (Å²) < 4.78 is 6.34. The molecule has 0 spiro atoms. The van der Waals surface area contributed by atoms with Crippen molar-refractivity contribution in [2.75, 3.05) is 6.61 Å². The van der Waals surface area contributed by atoms with Crippen LogP contribution in [0.1, 0.15) is 41.6 Å². The summed E-state index contributed by atoms with van der Waals surface area (Å²) in [6.45, 7) is 1.93. The lowest BCUT2D eigenvalue weighted by Gasteiger charge is -2.12. The number of rotatable bonds is 3. The molecule has 1 saturated carbocycles. The molecule has 2 aromatic rings. The number of carbonyl (C=O) groups is 1. The molecule has 0 aromatic carbocycles. The fourth-order valence-electron chi connectivity index (χ4n) is 2.42. The van der Waals surface area contributed by atoms with Gasteiger partial charge in [-0.05, 0) is 43.4 Å². The number of pyridine rings is 2. The summed E-state index contributed by atoms with van der Waals surface area (Å²) in [6.07, 6.45) is 3.57. The van der Waals surface area contributed by atoms with E-state index in [1.165, 1.54) is 4.40 Å². The van der Waals surface area contributed by atoms with Crippen molar-refractivity contribution in [3.63, 3.8) is 0 Å². The van der Waals surface area contributed by atoms with Crippen LogP contribution in [0.3, 0.4) is 0 Å². The van der Waals surface area contributed by atoms with E-state index in [2.05, 4.69) is 0 Å². The van der Waals surface area contributed by atoms with Crippen LogP contribution in [0.15, 0.2) is 23.1 Å². The van der Waals surface area contributed by atoms with Gasteiger partial charge in [0.2, 0.25) is 0 Å². The standard InChI is InChI=1S/C15H13Cl2NO3/c1-2-21-15(20)10-7-9(8-3-4-8)13-12(17)11(16)5-6-18(13)14(10)19/h5-8H,2-4H2,1H3. The summed E-state index contributed by atoms with van der Waals surface area (Å²) in [7, 11) is 0. The second kappa shape index (κ2) is 5.35. The van der Waals surface area contributed by atoms with Gasteiger partial charge >= 0.3 is 5.97 Å². The third kappa shape index (κ3) is 2.43. The van der Waals surface area contributed by atoms with E-state index in [-0.39, 0.29) is 12.2 Å². The molecule has 0 amide bonds. The fraction of sp³-hybridized carbons (Fsp3) is 0.333. The molecule has 1 fully saturated rings. The van der Waals surface area contributed by atoms with Crippen LogP contribution >= 0.6 is 23.2 Å². The Morgan fingerprint density at radius 1 is 1.43 bits per heavy atom. The van der Waals surface area contributed by atoms with Gasteiger partial charge in [0.15, 0.2) is 0 Å². The topological polar surface area (TPSA) is 47.8 Å². The Kier molecular flexibility index (Phi) is 3.68. The first-order chi connectivity index (χ1) is 10.0. The fourth-order valence-corrected chi connectivity index (χ4v) is 2.83. The largest absolute Gasteiger partial charge is 0.462 e. The van der Waals surface area contributed by atoms with E-state index in [0.717, 1.165) is 18.4 Å². The van der Waals surface area contributed by atoms with Crippen molar-refractivity contribution in [3.8, 4) is 0 Å². The van der Waals surface area contributed by atoms with E-state index in [1.807, 2.05) is 0 Å². The first-order valence-corrected chi connectivity index (χ1v) is 7.50. The third-order valence-electron chi connectivity index (χ3n) is 3.56. The molecule has 1 aliphatic rings. The predicted octanol–water partition coefficient (Wildman–Crippen LogP) is 3.66. The molecule has 0 N–H and O–H groups in total. The van der Waals surface area contributed by atoms with Crippen molar-refractivity contribution < 1.29 is 9.53 Å². The molecule has 4 nitrogen and oxygen atoms in total. The van der Waals surface area contributed by atoms with Crippen molar-refractivity contribution in [2.45, 2.75) is 25.7 Å². The summed E-state index contributed by atoms with van der Waals surface area (Å²) in [4.78, 5) is 24.4. The number of hydrogen-bond donors (Lipinski definition) is 0. The molecular formula is C15H13Cl2NO3. The normalized spacial score (nSPS) is 14.4. The minimum atomic E-state index is -0.607. The van der Waals surface area contributed by atoms with Gasteiger partial charge in [-0.2, -0.15) is 0 Å². The molecule has 0 atom stereocenters. The quantitative estimate of drug-likeness (QED) is 0.809. The number of aromatic nitrogens is 1. The Morgan fingerprint density at radius 2 is 2.14 bits per heavy atom. The van der Waals surface area contributed by atoms with Crippen molar-refractivity contribution in [2.24, 2.45) is 0 Å². The number of esters is 1. The van der Waals surface area contributed by atoms with Crippen LogP contribution in [0.25, 0.3) is 5.52 Å². The lowest BCUT2D eigenvalue weighted by atomic mass is 10.1. The zero-order valence-electron chi connectivity index (χ0n) is 11.4. The second-order valence-electron chi connectivity index (χ2n) is 5.01. The molecule has 0 aliphatic heterocycles. The number of ether oxygens (including phenoxy) is 1. The van der Waals surface area contributed by atoms with Gasteiger partial charge in [-0.3, -0.25) is 9.20 Å². The third-order valence-corrected chi connectivity index (χ3v) is 4.36. The maximum atomic E-state index is 12.5. The van der Waals surface area contributed by atoms with E-state index >= 15 is 0 Å². The molecule has 6 heteroatoms. The first kappa shape index (κ1) is 14.4. The average Bonchev–Trinajstić information content (AvgIpc) is 3.28. The van der Waals surface area contributed by atoms with Crippen LogP contribution in [-0.4, -0.2) is 17.0 Å². The maximum Gasteiger partial charge on any atom is 0.343 e. The molecular weight excluding hydrogens is 313 g/mol. The van der Waals surface area contributed by atoms with Crippen molar-refractivity contribution in [1.29, 1.82) is 0 Å². The highest BCUT2D eigenvalue weighted by molar-refractivity contribution is 6.44. The van der Waals surface area contributed by atoms with Crippen molar-refractivity contribution in [3.05, 3.63) is 49.9 Å². The Bertz CT molecular complexity index is 794. The number of halogens is 2. The highest BCUT2D eigenvalue weighted by atomic mass is 35.5. The van der Waals surface area contributed by atoms with Crippen LogP contribution in [-0.2, 0) is 4.74 Å². The predicted molar refractivity (Wildman–Crippen MR) is 81.6 cm³/mol. The van der Waals surface area contributed by atoms with Gasteiger partial charge < -0.3 is 4.74 Å². The Labute approximate surface area is 131 Å². The Morgan fingerprint density at radius 3 is 2.76 bits per heavy atom. The second-order valence-corrected chi connectivity index (χ2v) is 5.79. The molecule has 0 unspecified atom stereocenters. The highest BCUT2D eigenvalue weighted by Crippen LogP contribution is 2.44. The van der Waals surface area contributed by atoms with Crippen LogP contribution in [0.5, 0.6) is 0 Å². The number of fused-ring (bicyclic) bond motifs is 1. The molecule has 21 heavy (non-hydrogen) atoms. The van der Waals surface area contributed by atoms with Gasteiger partial charge in [0.1, 0.15) is 5.56 Å². The zero-order valence-corrected chi connectivity index (χ0v) is 12.9.